The molecule has 0 N–H and O–H groups in total. The summed E-state index contributed by atoms with van der Waals surface area (Å²) in [6, 6.07) is 9.79. The molecule has 1 aliphatic heterocycles. The van der Waals surface area contributed by atoms with Crippen molar-refractivity contribution in [3.63, 3.8) is 0 Å². The maximum absolute atomic E-state index is 13.5. The summed E-state index contributed by atoms with van der Waals surface area (Å²) >= 11 is 7.87. The summed E-state index contributed by atoms with van der Waals surface area (Å²) in [6.07, 6.45) is 2.03. The van der Waals surface area contributed by atoms with E-state index in [2.05, 4.69) is 6.07 Å². The maximum atomic E-state index is 13.5. The lowest BCUT2D eigenvalue weighted by molar-refractivity contribution is 0.0917. The van der Waals surface area contributed by atoms with E-state index >= 15 is 0 Å². The molecule has 0 bridgehead atoms. The third kappa shape index (κ3) is 3.79. The first kappa shape index (κ1) is 19.4. The van der Waals surface area contributed by atoms with Crippen molar-refractivity contribution in [2.24, 2.45) is 0 Å². The summed E-state index contributed by atoms with van der Waals surface area (Å²) in [5.74, 6) is -0.0462. The molecule has 1 aromatic heterocycles. The van der Waals surface area contributed by atoms with Gasteiger partial charge in [-0.3, -0.25) is 9.69 Å². The Morgan fingerprint density at radius 2 is 2.00 bits per heavy atom. The molecule has 2 heterocycles. The Balaban J connectivity index is 1.78. The number of fused-ring (bicyclic) bond motifs is 1. The Hall–Kier alpha value is -1.95. The summed E-state index contributed by atoms with van der Waals surface area (Å²) in [7, 11) is 0. The van der Waals surface area contributed by atoms with E-state index in [0.29, 0.717) is 22.3 Å². The van der Waals surface area contributed by atoms with E-state index in [0.717, 1.165) is 46.4 Å². The molecule has 146 valence electrons. The van der Waals surface area contributed by atoms with Crippen LogP contribution in [0, 0.1) is 20.8 Å². The van der Waals surface area contributed by atoms with Gasteiger partial charge in [-0.05, 0) is 57.4 Å². The highest BCUT2D eigenvalue weighted by atomic mass is 35.5. The van der Waals surface area contributed by atoms with Crippen molar-refractivity contribution in [3.05, 3.63) is 57.6 Å². The van der Waals surface area contributed by atoms with Crippen LogP contribution in [0.3, 0.4) is 0 Å². The average molecular weight is 415 g/mol. The van der Waals surface area contributed by atoms with E-state index in [1.165, 1.54) is 11.3 Å². The zero-order valence-electron chi connectivity index (χ0n) is 16.3. The Morgan fingerprint density at radius 1 is 1.25 bits per heavy atom. The number of hydrogen-bond donors (Lipinski definition) is 0. The van der Waals surface area contributed by atoms with Gasteiger partial charge < -0.3 is 4.74 Å². The Kier molecular flexibility index (Phi) is 5.41. The molecule has 2 aromatic carbocycles. The topological polar surface area (TPSA) is 42.4 Å². The molecular formula is C22H23ClN2O2S. The van der Waals surface area contributed by atoms with Crippen LogP contribution in [-0.2, 0) is 4.74 Å². The van der Waals surface area contributed by atoms with Crippen LogP contribution in [0.1, 0.15) is 39.9 Å². The van der Waals surface area contributed by atoms with Crippen LogP contribution >= 0.6 is 22.9 Å². The third-order valence-electron chi connectivity index (χ3n) is 5.04. The molecule has 0 aliphatic carbocycles. The Labute approximate surface area is 174 Å². The molecule has 6 heteroatoms. The number of halogens is 1. The van der Waals surface area contributed by atoms with Crippen LogP contribution in [-0.4, -0.2) is 30.1 Å². The zero-order chi connectivity index (χ0) is 19.8. The first-order valence-corrected chi connectivity index (χ1v) is 10.7. The molecule has 1 aliphatic rings. The minimum Gasteiger partial charge on any atom is -0.376 e. The van der Waals surface area contributed by atoms with Gasteiger partial charge in [0.2, 0.25) is 0 Å². The van der Waals surface area contributed by atoms with Gasteiger partial charge in [0.25, 0.3) is 5.91 Å². The molecule has 3 aromatic rings. The van der Waals surface area contributed by atoms with Crippen LogP contribution < -0.4 is 4.90 Å². The van der Waals surface area contributed by atoms with Crippen LogP contribution in [0.15, 0.2) is 30.3 Å². The SMILES string of the molecule is Cc1cc(C)cc(C(=O)N(CC2CCCO2)c2nc3c(C)ccc(Cl)c3s2)c1. The first-order chi connectivity index (χ1) is 13.4. The second-order valence-electron chi connectivity index (χ2n) is 7.47. The van der Waals surface area contributed by atoms with Crippen molar-refractivity contribution in [2.75, 3.05) is 18.1 Å². The van der Waals surface area contributed by atoms with Gasteiger partial charge in [0, 0.05) is 12.2 Å². The van der Waals surface area contributed by atoms with Gasteiger partial charge in [0.15, 0.2) is 5.13 Å². The van der Waals surface area contributed by atoms with E-state index in [1.54, 1.807) is 4.90 Å². The smallest absolute Gasteiger partial charge is 0.260 e. The normalized spacial score (nSPS) is 16.6. The van der Waals surface area contributed by atoms with E-state index < -0.39 is 0 Å². The van der Waals surface area contributed by atoms with Crippen molar-refractivity contribution >= 4 is 44.2 Å². The molecule has 0 radical (unpaired) electrons. The minimum atomic E-state index is -0.0462. The van der Waals surface area contributed by atoms with Gasteiger partial charge in [-0.25, -0.2) is 4.98 Å². The second kappa shape index (κ2) is 7.82. The number of nitrogens with zero attached hydrogens (tertiary/aromatic N) is 2. The second-order valence-corrected chi connectivity index (χ2v) is 8.85. The summed E-state index contributed by atoms with van der Waals surface area (Å²) in [6.45, 7) is 7.28. The predicted octanol–water partition coefficient (Wildman–Crippen LogP) is 5.70. The molecule has 1 fully saturated rings. The Bertz CT molecular complexity index is 981. The lowest BCUT2D eigenvalue weighted by atomic mass is 10.1. The fraction of sp³-hybridized carbons (Fsp3) is 0.364. The van der Waals surface area contributed by atoms with Gasteiger partial charge in [0.05, 0.1) is 27.9 Å². The fourth-order valence-electron chi connectivity index (χ4n) is 3.70. The molecule has 28 heavy (non-hydrogen) atoms. The number of benzene rings is 2. The lowest BCUT2D eigenvalue weighted by Crippen LogP contribution is -2.37. The fourth-order valence-corrected chi connectivity index (χ4v) is 5.02. The number of carbonyl (C=O) groups excluding carboxylic acids is 1. The zero-order valence-corrected chi connectivity index (χ0v) is 17.9. The summed E-state index contributed by atoms with van der Waals surface area (Å²) in [5.41, 5.74) is 4.74. The summed E-state index contributed by atoms with van der Waals surface area (Å²) in [5, 5.41) is 1.34. The van der Waals surface area contributed by atoms with Crippen molar-refractivity contribution < 1.29 is 9.53 Å². The number of hydrogen-bond acceptors (Lipinski definition) is 4. The average Bonchev–Trinajstić information content (AvgIpc) is 3.31. The number of aryl methyl sites for hydroxylation is 3. The molecule has 4 rings (SSSR count). The van der Waals surface area contributed by atoms with Gasteiger partial charge in [0.1, 0.15) is 0 Å². The number of ether oxygens (including phenoxy) is 1. The van der Waals surface area contributed by atoms with Crippen LogP contribution in [0.2, 0.25) is 5.02 Å². The monoisotopic (exact) mass is 414 g/mol. The number of carbonyl (C=O) groups is 1. The molecule has 0 spiro atoms. The minimum absolute atomic E-state index is 0.0402. The maximum Gasteiger partial charge on any atom is 0.260 e. The summed E-state index contributed by atoms with van der Waals surface area (Å²) < 4.78 is 6.74. The largest absolute Gasteiger partial charge is 0.376 e. The van der Waals surface area contributed by atoms with Crippen LogP contribution in [0.5, 0.6) is 0 Å². The number of amides is 1. The Morgan fingerprint density at radius 3 is 2.64 bits per heavy atom. The lowest BCUT2D eigenvalue weighted by Gasteiger charge is -2.23. The van der Waals surface area contributed by atoms with Gasteiger partial charge in [-0.2, -0.15) is 0 Å². The molecule has 0 saturated carbocycles. The third-order valence-corrected chi connectivity index (χ3v) is 6.58. The predicted molar refractivity (Wildman–Crippen MR) is 116 cm³/mol. The molecule has 1 saturated heterocycles. The molecular weight excluding hydrogens is 392 g/mol. The van der Waals surface area contributed by atoms with E-state index in [-0.39, 0.29) is 12.0 Å². The van der Waals surface area contributed by atoms with Gasteiger partial charge in [-0.15, -0.1) is 0 Å². The van der Waals surface area contributed by atoms with Gasteiger partial charge >= 0.3 is 0 Å². The van der Waals surface area contributed by atoms with Crippen molar-refractivity contribution in [2.45, 2.75) is 39.7 Å². The van der Waals surface area contributed by atoms with Crippen molar-refractivity contribution in [1.82, 2.24) is 4.98 Å². The van der Waals surface area contributed by atoms with E-state index in [1.807, 2.05) is 45.0 Å². The van der Waals surface area contributed by atoms with E-state index in [9.17, 15) is 4.79 Å². The highest BCUT2D eigenvalue weighted by Crippen LogP contribution is 2.36. The summed E-state index contributed by atoms with van der Waals surface area (Å²) in [4.78, 5) is 20.0. The van der Waals surface area contributed by atoms with Crippen LogP contribution in [0.25, 0.3) is 10.2 Å². The van der Waals surface area contributed by atoms with Crippen LogP contribution in [0.4, 0.5) is 5.13 Å². The molecule has 1 atom stereocenters. The van der Waals surface area contributed by atoms with Gasteiger partial charge in [-0.1, -0.05) is 46.2 Å². The molecule has 1 amide bonds. The number of aromatic nitrogens is 1. The number of rotatable bonds is 4. The standard InChI is InChI=1S/C22H23ClN2O2S/c1-13-9-14(2)11-16(10-13)21(26)25(12-17-5-4-8-27-17)22-24-19-15(3)6-7-18(23)20(19)28-22/h6-7,9-11,17H,4-5,8,12H2,1-3H3. The first-order valence-electron chi connectivity index (χ1n) is 9.50. The quantitative estimate of drug-likeness (QED) is 0.549. The highest BCUT2D eigenvalue weighted by molar-refractivity contribution is 7.23. The highest BCUT2D eigenvalue weighted by Gasteiger charge is 2.27. The number of anilines is 1. The molecule has 1 unspecified atom stereocenters. The number of thiazole rings is 1. The van der Waals surface area contributed by atoms with Crippen molar-refractivity contribution in [3.8, 4) is 0 Å². The van der Waals surface area contributed by atoms with Crippen molar-refractivity contribution in [1.29, 1.82) is 0 Å². The van der Waals surface area contributed by atoms with E-state index in [4.69, 9.17) is 21.3 Å². The molecule has 4 nitrogen and oxygen atoms in total.